The van der Waals surface area contributed by atoms with Crippen LogP contribution in [0.25, 0.3) is 0 Å². The van der Waals surface area contributed by atoms with Gasteiger partial charge in [0, 0.05) is 13.1 Å². The highest BCUT2D eigenvalue weighted by Crippen LogP contribution is 2.18. The van der Waals surface area contributed by atoms with Crippen LogP contribution in [0, 0.1) is 6.92 Å². The fraction of sp³-hybridized carbons (Fsp3) is 0.583. The zero-order valence-electron chi connectivity index (χ0n) is 11.7. The van der Waals surface area contributed by atoms with Gasteiger partial charge in [-0.1, -0.05) is 0 Å². The zero-order valence-corrected chi connectivity index (χ0v) is 11.7. The number of aromatic nitrogens is 2. The molecule has 1 unspecified atom stereocenters. The molecule has 1 heterocycles. The van der Waals surface area contributed by atoms with Crippen molar-refractivity contribution in [3.63, 3.8) is 0 Å². The Morgan fingerprint density at radius 3 is 2.63 bits per heavy atom. The zero-order chi connectivity index (χ0) is 14.6. The molecule has 7 nitrogen and oxygen atoms in total. The second-order valence-corrected chi connectivity index (χ2v) is 4.11. The van der Waals surface area contributed by atoms with E-state index in [0.29, 0.717) is 18.8 Å². The number of rotatable bonds is 5. The molecule has 106 valence electrons. The highest BCUT2D eigenvalue weighted by Gasteiger charge is 2.24. The number of esters is 1. The van der Waals surface area contributed by atoms with E-state index in [9.17, 15) is 9.59 Å². The quantitative estimate of drug-likeness (QED) is 0.756. The summed E-state index contributed by atoms with van der Waals surface area (Å²) in [6.07, 6.45) is -0.868. The van der Waals surface area contributed by atoms with Gasteiger partial charge in [0.25, 0.3) is 5.91 Å². The van der Waals surface area contributed by atoms with Gasteiger partial charge in [0.05, 0.1) is 11.4 Å². The average Bonchev–Trinajstić information content (AvgIpc) is 2.65. The maximum absolute atomic E-state index is 12.0. The third-order valence-corrected chi connectivity index (χ3v) is 2.67. The van der Waals surface area contributed by atoms with Gasteiger partial charge in [0.1, 0.15) is 0 Å². The van der Waals surface area contributed by atoms with Crippen molar-refractivity contribution in [1.29, 1.82) is 0 Å². The van der Waals surface area contributed by atoms with Crippen molar-refractivity contribution in [2.45, 2.75) is 40.3 Å². The predicted molar refractivity (Wildman–Crippen MR) is 70.6 cm³/mol. The van der Waals surface area contributed by atoms with Crippen LogP contribution < -0.4 is 11.1 Å². The van der Waals surface area contributed by atoms with Gasteiger partial charge in [0.2, 0.25) is 0 Å². The first-order chi connectivity index (χ1) is 8.92. The van der Waals surface area contributed by atoms with E-state index < -0.39 is 12.1 Å². The molecule has 1 atom stereocenters. The lowest BCUT2D eigenvalue weighted by atomic mass is 10.3. The van der Waals surface area contributed by atoms with E-state index >= 15 is 0 Å². The molecule has 3 N–H and O–H groups in total. The molecule has 0 aliphatic heterocycles. The summed E-state index contributed by atoms with van der Waals surface area (Å²) < 4.78 is 6.57. The number of ether oxygens (including phenoxy) is 1. The molecule has 0 fully saturated rings. The Balaban J connectivity index is 2.87. The van der Waals surface area contributed by atoms with Gasteiger partial charge in [-0.15, -0.1) is 0 Å². The number of aryl methyl sites for hydroxylation is 2. The molecule has 0 aliphatic rings. The Hall–Kier alpha value is -2.05. The van der Waals surface area contributed by atoms with Crippen LogP contribution in [0.4, 0.5) is 5.69 Å². The minimum absolute atomic E-state index is 0.191. The minimum Gasteiger partial charge on any atom is -0.448 e. The van der Waals surface area contributed by atoms with Crippen LogP contribution in [-0.2, 0) is 16.1 Å². The van der Waals surface area contributed by atoms with Gasteiger partial charge >= 0.3 is 5.97 Å². The largest absolute Gasteiger partial charge is 0.448 e. The minimum atomic E-state index is -0.868. The topological polar surface area (TPSA) is 99.2 Å². The van der Waals surface area contributed by atoms with E-state index in [4.69, 9.17) is 10.5 Å². The summed E-state index contributed by atoms with van der Waals surface area (Å²) in [6.45, 7) is 7.84. The first-order valence-electron chi connectivity index (χ1n) is 6.23. The number of nitrogens with zero attached hydrogens (tertiary/aromatic N) is 2. The highest BCUT2D eigenvalue weighted by molar-refractivity contribution is 5.95. The number of nitrogens with two attached hydrogens (primary N) is 1. The van der Waals surface area contributed by atoms with E-state index in [1.165, 1.54) is 11.6 Å². The van der Waals surface area contributed by atoms with Crippen molar-refractivity contribution in [2.24, 2.45) is 0 Å². The number of nitrogens with one attached hydrogen (secondary N) is 1. The van der Waals surface area contributed by atoms with E-state index in [1.54, 1.807) is 13.8 Å². The molecule has 0 aliphatic carbocycles. The Bertz CT molecular complexity index is 482. The number of nitrogen functional groups attached to an aromatic ring is 1. The van der Waals surface area contributed by atoms with Gasteiger partial charge in [-0.2, -0.15) is 5.10 Å². The van der Waals surface area contributed by atoms with Crippen LogP contribution in [0.15, 0.2) is 0 Å². The molecule has 7 heteroatoms. The number of anilines is 1. The molecule has 1 rings (SSSR count). The fourth-order valence-electron chi connectivity index (χ4n) is 1.63. The van der Waals surface area contributed by atoms with E-state index in [1.807, 2.05) is 6.92 Å². The summed E-state index contributed by atoms with van der Waals surface area (Å²) in [4.78, 5) is 23.5. The lowest BCUT2D eigenvalue weighted by Gasteiger charge is -2.13. The maximum atomic E-state index is 12.0. The van der Waals surface area contributed by atoms with Crippen molar-refractivity contribution < 1.29 is 14.3 Å². The number of carbonyl (C=O) groups excluding carboxylic acids is 2. The predicted octanol–water partition coefficient (Wildman–Crippen LogP) is 0.475. The molecular weight excluding hydrogens is 248 g/mol. The smallest absolute Gasteiger partial charge is 0.359 e. The van der Waals surface area contributed by atoms with Gasteiger partial charge in [0.15, 0.2) is 11.8 Å². The Morgan fingerprint density at radius 2 is 2.11 bits per heavy atom. The Morgan fingerprint density at radius 1 is 1.47 bits per heavy atom. The second-order valence-electron chi connectivity index (χ2n) is 4.11. The van der Waals surface area contributed by atoms with E-state index in [2.05, 4.69) is 10.4 Å². The van der Waals surface area contributed by atoms with Crippen LogP contribution in [0.5, 0.6) is 0 Å². The molecule has 1 aromatic heterocycles. The third-order valence-electron chi connectivity index (χ3n) is 2.67. The molecule has 0 bridgehead atoms. The summed E-state index contributed by atoms with van der Waals surface area (Å²) in [5, 5.41) is 6.71. The Labute approximate surface area is 112 Å². The first kappa shape index (κ1) is 15.0. The van der Waals surface area contributed by atoms with Crippen molar-refractivity contribution in [1.82, 2.24) is 15.1 Å². The fourth-order valence-corrected chi connectivity index (χ4v) is 1.63. The van der Waals surface area contributed by atoms with Crippen molar-refractivity contribution >= 4 is 17.6 Å². The van der Waals surface area contributed by atoms with Crippen LogP contribution in [0.2, 0.25) is 0 Å². The van der Waals surface area contributed by atoms with Crippen LogP contribution in [0.3, 0.4) is 0 Å². The molecule has 19 heavy (non-hydrogen) atoms. The molecule has 0 saturated carbocycles. The van der Waals surface area contributed by atoms with Gasteiger partial charge < -0.3 is 15.8 Å². The second kappa shape index (κ2) is 6.21. The molecule has 0 saturated heterocycles. The summed E-state index contributed by atoms with van der Waals surface area (Å²) in [6, 6.07) is 0. The van der Waals surface area contributed by atoms with Gasteiger partial charge in [-0.25, -0.2) is 4.79 Å². The summed E-state index contributed by atoms with van der Waals surface area (Å²) in [7, 11) is 0. The third kappa shape index (κ3) is 3.24. The van der Waals surface area contributed by atoms with Crippen molar-refractivity contribution in [2.75, 3.05) is 12.3 Å². The number of likely N-dealkylation sites (N-methyl/N-ethyl adjacent to an activating group) is 1. The van der Waals surface area contributed by atoms with Crippen LogP contribution in [-0.4, -0.2) is 34.3 Å². The van der Waals surface area contributed by atoms with Crippen molar-refractivity contribution in [3.8, 4) is 0 Å². The number of hydrogen-bond donors (Lipinski definition) is 2. The maximum Gasteiger partial charge on any atom is 0.359 e. The van der Waals surface area contributed by atoms with E-state index in [0.717, 1.165) is 0 Å². The summed E-state index contributed by atoms with van der Waals surface area (Å²) in [5.74, 6) is -0.979. The lowest BCUT2D eigenvalue weighted by molar-refractivity contribution is -0.129. The molecular formula is C12H20N4O3. The SMILES string of the molecule is CCNC(=O)C(C)OC(=O)c1c(N)c(C)nn1CC. The molecule has 1 aromatic rings. The molecule has 0 aromatic carbocycles. The first-order valence-corrected chi connectivity index (χ1v) is 6.23. The van der Waals surface area contributed by atoms with Gasteiger partial charge in [-0.3, -0.25) is 9.48 Å². The molecule has 0 radical (unpaired) electrons. The molecule has 1 amide bonds. The number of hydrogen-bond acceptors (Lipinski definition) is 5. The average molecular weight is 268 g/mol. The highest BCUT2D eigenvalue weighted by atomic mass is 16.5. The summed E-state index contributed by atoms with van der Waals surface area (Å²) >= 11 is 0. The van der Waals surface area contributed by atoms with Gasteiger partial charge in [-0.05, 0) is 27.7 Å². The monoisotopic (exact) mass is 268 g/mol. The van der Waals surface area contributed by atoms with E-state index in [-0.39, 0.29) is 17.3 Å². The number of carbonyl (C=O) groups is 2. The summed E-state index contributed by atoms with van der Waals surface area (Å²) in [5.41, 5.74) is 6.85. The lowest BCUT2D eigenvalue weighted by Crippen LogP contribution is -2.36. The number of amides is 1. The van der Waals surface area contributed by atoms with Crippen LogP contribution in [0.1, 0.15) is 37.0 Å². The molecule has 0 spiro atoms. The van der Waals surface area contributed by atoms with Crippen molar-refractivity contribution in [3.05, 3.63) is 11.4 Å². The normalized spacial score (nSPS) is 12.0. The van der Waals surface area contributed by atoms with Crippen LogP contribution >= 0.6 is 0 Å². The Kier molecular flexibility index (Phi) is 4.91. The standard InChI is InChI=1S/C12H20N4O3/c1-5-14-11(17)8(4)19-12(18)10-9(13)7(3)15-16(10)6-2/h8H,5-6,13H2,1-4H3,(H,14,17).